The predicted molar refractivity (Wildman–Crippen MR) is 79.8 cm³/mol. The van der Waals surface area contributed by atoms with Crippen LogP contribution in [0.2, 0.25) is 0 Å². The summed E-state index contributed by atoms with van der Waals surface area (Å²) in [6.07, 6.45) is 1.67. The van der Waals surface area contributed by atoms with Crippen molar-refractivity contribution in [1.29, 1.82) is 0 Å². The molecule has 0 aliphatic rings. The molecular weight excluding hydrogens is 332 g/mol. The maximum absolute atomic E-state index is 11.6. The highest BCUT2D eigenvalue weighted by Gasteiger charge is 2.26. The first-order chi connectivity index (χ1) is 8.79. The van der Waals surface area contributed by atoms with Gasteiger partial charge in [-0.15, -0.1) is 0 Å². The molecule has 0 amide bonds. The van der Waals surface area contributed by atoms with Crippen molar-refractivity contribution in [1.82, 2.24) is 5.43 Å². The van der Waals surface area contributed by atoms with Crippen LogP contribution in [0.25, 0.3) is 0 Å². The number of nitrogens with one attached hydrogen (secondary N) is 1. The summed E-state index contributed by atoms with van der Waals surface area (Å²) < 4.78 is 29.4. The highest BCUT2D eigenvalue weighted by Crippen LogP contribution is 2.25. The number of rotatable bonds is 6. The number of nitrogens with two attached hydrogens (primary N) is 1. The molecule has 0 spiro atoms. The molecule has 0 saturated heterocycles. The van der Waals surface area contributed by atoms with E-state index in [0.29, 0.717) is 12.2 Å². The first-order valence-electron chi connectivity index (χ1n) is 5.77. The van der Waals surface area contributed by atoms with E-state index in [2.05, 4.69) is 21.4 Å². The Balaban J connectivity index is 3.02. The van der Waals surface area contributed by atoms with E-state index in [9.17, 15) is 8.42 Å². The van der Waals surface area contributed by atoms with Crippen molar-refractivity contribution < 1.29 is 13.2 Å². The summed E-state index contributed by atoms with van der Waals surface area (Å²) in [5.41, 5.74) is 3.48. The molecule has 0 radical (unpaired) electrons. The van der Waals surface area contributed by atoms with E-state index in [1.165, 1.54) is 6.26 Å². The minimum Gasteiger partial charge on any atom is -0.496 e. The van der Waals surface area contributed by atoms with Crippen LogP contribution >= 0.6 is 15.9 Å². The number of ether oxygens (including phenoxy) is 1. The van der Waals surface area contributed by atoms with E-state index in [4.69, 9.17) is 10.6 Å². The summed E-state index contributed by atoms with van der Waals surface area (Å²) in [6, 6.07) is 5.22. The monoisotopic (exact) mass is 350 g/mol. The van der Waals surface area contributed by atoms with Gasteiger partial charge in [0.05, 0.1) is 12.4 Å². The minimum absolute atomic E-state index is 0.377. The molecule has 3 N–H and O–H groups in total. The molecule has 0 saturated carbocycles. The number of hydrazine groups is 1. The first kappa shape index (κ1) is 16.4. The fourth-order valence-corrected chi connectivity index (χ4v) is 2.98. The van der Waals surface area contributed by atoms with E-state index in [1.54, 1.807) is 14.0 Å². The SMILES string of the molecule is COc1ccc(Br)cc1CC(NN)C(C)S(C)(=O)=O. The van der Waals surface area contributed by atoms with Crippen LogP contribution in [0.1, 0.15) is 12.5 Å². The third kappa shape index (κ3) is 4.45. The molecule has 1 aromatic rings. The van der Waals surface area contributed by atoms with Gasteiger partial charge in [-0.05, 0) is 37.1 Å². The molecule has 1 rings (SSSR count). The molecule has 2 atom stereocenters. The van der Waals surface area contributed by atoms with Crippen molar-refractivity contribution in [3.05, 3.63) is 28.2 Å². The van der Waals surface area contributed by atoms with Gasteiger partial charge in [-0.25, -0.2) is 8.42 Å². The van der Waals surface area contributed by atoms with Crippen molar-refractivity contribution in [3.63, 3.8) is 0 Å². The highest BCUT2D eigenvalue weighted by molar-refractivity contribution is 9.10. The average molecular weight is 351 g/mol. The quantitative estimate of drug-likeness (QED) is 0.596. The second kappa shape index (κ2) is 6.69. The first-order valence-corrected chi connectivity index (χ1v) is 8.51. The summed E-state index contributed by atoms with van der Waals surface area (Å²) in [5.74, 6) is 6.19. The third-order valence-corrected chi connectivity index (χ3v) is 5.31. The van der Waals surface area contributed by atoms with Crippen molar-refractivity contribution in [2.45, 2.75) is 24.6 Å². The van der Waals surface area contributed by atoms with Crippen LogP contribution in [-0.2, 0) is 16.3 Å². The molecule has 7 heteroatoms. The smallest absolute Gasteiger partial charge is 0.151 e. The Morgan fingerprint density at radius 1 is 1.47 bits per heavy atom. The molecule has 2 unspecified atom stereocenters. The Morgan fingerprint density at radius 2 is 2.11 bits per heavy atom. The van der Waals surface area contributed by atoms with Gasteiger partial charge in [0.25, 0.3) is 0 Å². The molecule has 0 heterocycles. The number of hydrogen-bond donors (Lipinski definition) is 2. The summed E-state index contributed by atoms with van der Waals surface area (Å²) >= 11 is 3.39. The lowest BCUT2D eigenvalue weighted by atomic mass is 10.0. The van der Waals surface area contributed by atoms with Gasteiger partial charge in [0.1, 0.15) is 5.75 Å². The Morgan fingerprint density at radius 3 is 2.58 bits per heavy atom. The standard InChI is InChI=1S/C12H19BrN2O3S/c1-8(19(3,16)17)11(15-14)7-9-6-10(13)4-5-12(9)18-2/h4-6,8,11,15H,7,14H2,1-3H3. The van der Waals surface area contributed by atoms with Crippen molar-refractivity contribution in [3.8, 4) is 5.75 Å². The normalized spacial score (nSPS) is 15.0. The molecule has 0 aromatic heterocycles. The van der Waals surface area contributed by atoms with E-state index < -0.39 is 15.1 Å². The maximum atomic E-state index is 11.6. The van der Waals surface area contributed by atoms with Crippen LogP contribution in [0.15, 0.2) is 22.7 Å². The van der Waals surface area contributed by atoms with Gasteiger partial charge in [-0.3, -0.25) is 11.3 Å². The van der Waals surface area contributed by atoms with Gasteiger partial charge in [0, 0.05) is 16.8 Å². The summed E-state index contributed by atoms with van der Waals surface area (Å²) in [7, 11) is -1.58. The molecule has 0 fully saturated rings. The van der Waals surface area contributed by atoms with Gasteiger partial charge in [-0.1, -0.05) is 15.9 Å². The lowest BCUT2D eigenvalue weighted by Crippen LogP contribution is -2.47. The average Bonchev–Trinajstić information content (AvgIpc) is 2.34. The van der Waals surface area contributed by atoms with Crippen molar-refractivity contribution in [2.75, 3.05) is 13.4 Å². The zero-order valence-electron chi connectivity index (χ0n) is 11.2. The molecule has 108 valence electrons. The van der Waals surface area contributed by atoms with Crippen LogP contribution in [-0.4, -0.2) is 33.1 Å². The molecule has 0 aliphatic carbocycles. The number of halogens is 1. The van der Waals surface area contributed by atoms with E-state index in [-0.39, 0.29) is 6.04 Å². The zero-order valence-corrected chi connectivity index (χ0v) is 13.6. The Hall–Kier alpha value is -0.630. The number of hydrogen-bond acceptors (Lipinski definition) is 5. The molecule has 1 aromatic carbocycles. The largest absolute Gasteiger partial charge is 0.496 e. The predicted octanol–water partition coefficient (Wildman–Crippen LogP) is 1.27. The third-order valence-electron chi connectivity index (χ3n) is 3.14. The van der Waals surface area contributed by atoms with Crippen LogP contribution in [0.5, 0.6) is 5.75 Å². The van der Waals surface area contributed by atoms with E-state index in [0.717, 1.165) is 10.0 Å². The lowest BCUT2D eigenvalue weighted by molar-refractivity contribution is 0.403. The van der Waals surface area contributed by atoms with Crippen LogP contribution in [0.4, 0.5) is 0 Å². The van der Waals surface area contributed by atoms with Gasteiger partial charge in [0.2, 0.25) is 0 Å². The van der Waals surface area contributed by atoms with Gasteiger partial charge in [0.15, 0.2) is 9.84 Å². The summed E-state index contributed by atoms with van der Waals surface area (Å²) in [6.45, 7) is 1.64. The second-order valence-electron chi connectivity index (χ2n) is 4.47. The molecule has 5 nitrogen and oxygen atoms in total. The fourth-order valence-electron chi connectivity index (χ4n) is 1.80. The molecule has 0 bridgehead atoms. The highest BCUT2D eigenvalue weighted by atomic mass is 79.9. The van der Waals surface area contributed by atoms with E-state index >= 15 is 0 Å². The molecule has 19 heavy (non-hydrogen) atoms. The van der Waals surface area contributed by atoms with Crippen molar-refractivity contribution in [2.24, 2.45) is 5.84 Å². The van der Waals surface area contributed by atoms with Crippen LogP contribution in [0.3, 0.4) is 0 Å². The summed E-state index contributed by atoms with van der Waals surface area (Å²) in [4.78, 5) is 0. The van der Waals surface area contributed by atoms with Gasteiger partial charge >= 0.3 is 0 Å². The minimum atomic E-state index is -3.16. The number of benzene rings is 1. The molecule has 0 aliphatic heterocycles. The van der Waals surface area contributed by atoms with Crippen molar-refractivity contribution >= 4 is 25.8 Å². The maximum Gasteiger partial charge on any atom is 0.151 e. The molecular formula is C12H19BrN2O3S. The van der Waals surface area contributed by atoms with Crippen LogP contribution in [0, 0.1) is 0 Å². The van der Waals surface area contributed by atoms with Gasteiger partial charge < -0.3 is 4.74 Å². The van der Waals surface area contributed by atoms with E-state index in [1.807, 2.05) is 18.2 Å². The zero-order chi connectivity index (χ0) is 14.6. The number of methoxy groups -OCH3 is 1. The Labute approximate surface area is 122 Å². The fraction of sp³-hybridized carbons (Fsp3) is 0.500. The Bertz CT molecular complexity index is 534. The summed E-state index contributed by atoms with van der Waals surface area (Å²) in [5, 5.41) is -0.582. The lowest BCUT2D eigenvalue weighted by Gasteiger charge is -2.22. The second-order valence-corrected chi connectivity index (χ2v) is 7.79. The Kier molecular flexibility index (Phi) is 5.79. The van der Waals surface area contributed by atoms with Crippen LogP contribution < -0.4 is 16.0 Å². The van der Waals surface area contributed by atoms with Gasteiger partial charge in [-0.2, -0.15) is 0 Å². The number of sulfone groups is 1. The topological polar surface area (TPSA) is 81.4 Å².